The van der Waals surface area contributed by atoms with Crippen LogP contribution in [0.3, 0.4) is 0 Å². The first-order chi connectivity index (χ1) is 11.8. The zero-order valence-electron chi connectivity index (χ0n) is 19.4. The first-order valence-corrected chi connectivity index (χ1v) is 11.5. The third-order valence-electron chi connectivity index (χ3n) is 7.45. The summed E-state index contributed by atoms with van der Waals surface area (Å²) in [7, 11) is 0. The molecule has 0 saturated heterocycles. The van der Waals surface area contributed by atoms with E-state index in [1.165, 1.54) is 51.4 Å². The van der Waals surface area contributed by atoms with Gasteiger partial charge >= 0.3 is 0 Å². The van der Waals surface area contributed by atoms with Crippen LogP contribution in [-0.4, -0.2) is 11.2 Å². The van der Waals surface area contributed by atoms with Crippen LogP contribution in [0.4, 0.5) is 0 Å². The summed E-state index contributed by atoms with van der Waals surface area (Å²) in [6.07, 6.45) is 9.60. The molecular weight excluding hydrogens is 304 g/mol. The van der Waals surface area contributed by atoms with Gasteiger partial charge in [0.2, 0.25) is 0 Å². The molecule has 0 rings (SSSR count). The zero-order chi connectivity index (χ0) is 19.7. The summed E-state index contributed by atoms with van der Waals surface area (Å²) in [5.41, 5.74) is 0.0283. The molecule has 0 aliphatic heterocycles. The molecule has 4 unspecified atom stereocenters. The molecule has 1 nitrogen and oxygen atoms in total. The van der Waals surface area contributed by atoms with Gasteiger partial charge in [-0.3, -0.25) is 0 Å². The molecule has 1 heteroatoms. The molecule has 0 spiro atoms. The molecule has 0 amide bonds. The zero-order valence-corrected chi connectivity index (χ0v) is 19.4. The molecule has 0 bridgehead atoms. The third-order valence-corrected chi connectivity index (χ3v) is 7.45. The van der Waals surface area contributed by atoms with Crippen LogP contribution in [-0.2, 0) is 4.74 Å². The maximum absolute atomic E-state index is 7.52. The van der Waals surface area contributed by atoms with Crippen molar-refractivity contribution in [1.29, 1.82) is 0 Å². The molecule has 0 fully saturated rings. The van der Waals surface area contributed by atoms with Gasteiger partial charge in [0, 0.05) is 0 Å². The van der Waals surface area contributed by atoms with Crippen LogP contribution in [0.1, 0.15) is 121 Å². The fourth-order valence-electron chi connectivity index (χ4n) is 4.98. The summed E-state index contributed by atoms with van der Waals surface area (Å²) < 4.78 is 7.52. The van der Waals surface area contributed by atoms with Crippen molar-refractivity contribution in [2.24, 2.45) is 23.7 Å². The lowest BCUT2D eigenvalue weighted by Crippen LogP contribution is -2.57. The quantitative estimate of drug-likeness (QED) is 0.305. The molecule has 0 aliphatic carbocycles. The van der Waals surface area contributed by atoms with Crippen molar-refractivity contribution in [3.63, 3.8) is 0 Å². The molecule has 0 aromatic heterocycles. The van der Waals surface area contributed by atoms with Gasteiger partial charge in [-0.1, -0.05) is 108 Å². The fourth-order valence-corrected chi connectivity index (χ4v) is 4.98. The minimum Gasteiger partial charge on any atom is -0.367 e. The van der Waals surface area contributed by atoms with Crippen molar-refractivity contribution in [2.45, 2.75) is 132 Å². The van der Waals surface area contributed by atoms with E-state index >= 15 is 0 Å². The standard InChI is InChI=1S/C24H50O/c1-11-17-23(19(7)13-3,20(8)14-4)25-24(18-12-2,21(9)15-5)22(10)16-6/h19-22H,11-18H2,1-10H3. The first-order valence-electron chi connectivity index (χ1n) is 11.5. The molecule has 0 saturated carbocycles. The van der Waals surface area contributed by atoms with Crippen molar-refractivity contribution < 1.29 is 4.74 Å². The molecule has 25 heavy (non-hydrogen) atoms. The highest BCUT2D eigenvalue weighted by molar-refractivity contribution is 4.98. The highest BCUT2D eigenvalue weighted by Crippen LogP contribution is 2.48. The van der Waals surface area contributed by atoms with Gasteiger partial charge in [-0.2, -0.15) is 0 Å². The van der Waals surface area contributed by atoms with Gasteiger partial charge in [-0.05, 0) is 36.5 Å². The Kier molecular flexibility index (Phi) is 11.6. The molecular formula is C24H50O. The van der Waals surface area contributed by atoms with Crippen molar-refractivity contribution >= 4 is 0 Å². The lowest BCUT2D eigenvalue weighted by molar-refractivity contribution is -0.248. The van der Waals surface area contributed by atoms with Gasteiger partial charge < -0.3 is 4.74 Å². The Hall–Kier alpha value is -0.0400. The van der Waals surface area contributed by atoms with E-state index in [-0.39, 0.29) is 11.2 Å². The fraction of sp³-hybridized carbons (Fsp3) is 1.00. The van der Waals surface area contributed by atoms with E-state index in [0.717, 1.165) is 0 Å². The Morgan fingerprint density at radius 1 is 0.520 bits per heavy atom. The minimum atomic E-state index is 0.0142. The average Bonchev–Trinajstić information content (AvgIpc) is 2.63. The van der Waals surface area contributed by atoms with Crippen LogP contribution in [0.2, 0.25) is 0 Å². The molecule has 4 atom stereocenters. The molecule has 152 valence electrons. The van der Waals surface area contributed by atoms with Crippen LogP contribution in [0.25, 0.3) is 0 Å². The number of ether oxygens (including phenoxy) is 1. The second-order valence-electron chi connectivity index (χ2n) is 8.75. The van der Waals surface area contributed by atoms with Gasteiger partial charge in [-0.25, -0.2) is 0 Å². The Balaban J connectivity index is 6.26. The van der Waals surface area contributed by atoms with Crippen LogP contribution < -0.4 is 0 Å². The normalized spacial score (nSPS) is 21.8. The van der Waals surface area contributed by atoms with Gasteiger partial charge in [-0.15, -0.1) is 0 Å². The Labute approximate surface area is 160 Å². The topological polar surface area (TPSA) is 9.23 Å². The predicted molar refractivity (Wildman–Crippen MR) is 114 cm³/mol. The highest BCUT2D eigenvalue weighted by atomic mass is 16.5. The predicted octanol–water partition coefficient (Wildman–Crippen LogP) is 8.27. The first kappa shape index (κ1) is 25.0. The highest BCUT2D eigenvalue weighted by Gasteiger charge is 2.50. The Bertz CT molecular complexity index is 283. The van der Waals surface area contributed by atoms with E-state index in [2.05, 4.69) is 69.2 Å². The lowest BCUT2D eigenvalue weighted by atomic mass is 9.68. The number of hydrogen-bond donors (Lipinski definition) is 0. The third kappa shape index (κ3) is 5.47. The molecule has 0 aromatic rings. The molecule has 0 heterocycles. The van der Waals surface area contributed by atoms with E-state index in [0.29, 0.717) is 23.7 Å². The molecule has 0 aromatic carbocycles. The van der Waals surface area contributed by atoms with Gasteiger partial charge in [0.05, 0.1) is 11.2 Å². The van der Waals surface area contributed by atoms with Gasteiger partial charge in [0.25, 0.3) is 0 Å². The summed E-state index contributed by atoms with van der Waals surface area (Å²) in [5.74, 6) is 2.41. The van der Waals surface area contributed by atoms with Crippen LogP contribution in [0.5, 0.6) is 0 Å². The average molecular weight is 355 g/mol. The number of rotatable bonds is 14. The molecule has 0 aliphatic rings. The minimum absolute atomic E-state index is 0.0142. The second-order valence-corrected chi connectivity index (χ2v) is 8.75. The maximum Gasteiger partial charge on any atom is 0.0740 e. The van der Waals surface area contributed by atoms with Crippen molar-refractivity contribution in [3.05, 3.63) is 0 Å². The Morgan fingerprint density at radius 3 is 0.920 bits per heavy atom. The van der Waals surface area contributed by atoms with E-state index in [4.69, 9.17) is 4.74 Å². The van der Waals surface area contributed by atoms with Gasteiger partial charge in [0.1, 0.15) is 0 Å². The summed E-state index contributed by atoms with van der Waals surface area (Å²) in [4.78, 5) is 0. The van der Waals surface area contributed by atoms with Gasteiger partial charge in [0.15, 0.2) is 0 Å². The van der Waals surface area contributed by atoms with Crippen molar-refractivity contribution in [2.75, 3.05) is 0 Å². The van der Waals surface area contributed by atoms with Crippen LogP contribution in [0.15, 0.2) is 0 Å². The SMILES string of the molecule is CCCC(OC(CCC)(C(C)CC)C(C)CC)(C(C)CC)C(C)CC. The van der Waals surface area contributed by atoms with Crippen molar-refractivity contribution in [3.8, 4) is 0 Å². The maximum atomic E-state index is 7.52. The lowest BCUT2D eigenvalue weighted by Gasteiger charge is -2.54. The second kappa shape index (κ2) is 11.6. The van der Waals surface area contributed by atoms with Crippen LogP contribution in [0, 0.1) is 23.7 Å². The monoisotopic (exact) mass is 354 g/mol. The number of hydrogen-bond acceptors (Lipinski definition) is 1. The summed E-state index contributed by atoms with van der Waals surface area (Å²) >= 11 is 0. The summed E-state index contributed by atoms with van der Waals surface area (Å²) in [6.45, 7) is 23.8. The van der Waals surface area contributed by atoms with E-state index in [1.807, 2.05) is 0 Å². The van der Waals surface area contributed by atoms with E-state index < -0.39 is 0 Å². The smallest absolute Gasteiger partial charge is 0.0740 e. The van der Waals surface area contributed by atoms with E-state index in [9.17, 15) is 0 Å². The summed E-state index contributed by atoms with van der Waals surface area (Å²) in [6, 6.07) is 0. The summed E-state index contributed by atoms with van der Waals surface area (Å²) in [5, 5.41) is 0. The largest absolute Gasteiger partial charge is 0.367 e. The molecule has 0 N–H and O–H groups in total. The molecule has 0 radical (unpaired) electrons. The van der Waals surface area contributed by atoms with Crippen LogP contribution >= 0.6 is 0 Å². The Morgan fingerprint density at radius 2 is 0.760 bits per heavy atom. The van der Waals surface area contributed by atoms with Crippen molar-refractivity contribution in [1.82, 2.24) is 0 Å². The van der Waals surface area contributed by atoms with E-state index in [1.54, 1.807) is 0 Å².